The number of halogens is 2. The Labute approximate surface area is 387 Å². The number of fused-ring (bicyclic) bond motifs is 14. The molecule has 0 saturated heterocycles. The van der Waals surface area contributed by atoms with E-state index in [1.54, 1.807) is 0 Å². The van der Waals surface area contributed by atoms with Crippen molar-refractivity contribution in [1.82, 2.24) is 18.3 Å². The first-order valence-electron chi connectivity index (χ1n) is 22.6. The minimum atomic E-state index is -0.721. The van der Waals surface area contributed by atoms with Crippen LogP contribution >= 0.6 is 0 Å². The summed E-state index contributed by atoms with van der Waals surface area (Å²) in [4.78, 5) is 0. The molecule has 0 fully saturated rings. The Morgan fingerprint density at radius 2 is 0.735 bits per heavy atom. The van der Waals surface area contributed by atoms with Crippen molar-refractivity contribution in [2.45, 2.75) is 0 Å². The predicted molar refractivity (Wildman–Crippen MR) is 274 cm³/mol. The van der Waals surface area contributed by atoms with E-state index in [9.17, 15) is 5.26 Å². The lowest BCUT2D eigenvalue weighted by atomic mass is 9.97. The zero-order valence-corrected chi connectivity index (χ0v) is 36.2. The monoisotopic (exact) mass is 875 g/mol. The van der Waals surface area contributed by atoms with Crippen molar-refractivity contribution >= 4 is 87.2 Å². The summed E-state index contributed by atoms with van der Waals surface area (Å²) in [6.45, 7) is 0. The first kappa shape index (κ1) is 38.1. The van der Waals surface area contributed by atoms with Crippen molar-refractivity contribution in [1.29, 1.82) is 5.26 Å². The smallest absolute Gasteiger partial charge is 0.126 e. The van der Waals surface area contributed by atoms with Crippen LogP contribution in [0.25, 0.3) is 121 Å². The van der Waals surface area contributed by atoms with Gasteiger partial charge in [0.1, 0.15) is 11.6 Å². The standard InChI is InChI=1S/C61H35F2N5/c62-39-31-37(32-40(63)34-39)49-35-57(68-51-24-12-8-20-44(51)46-28-30-55-59(61(46)68)48-22-10-14-26-53(48)66(55)42-17-5-2-6-18-42)56(33-38(49)36-64)67-50-23-11-7-19-43(50)45-27-29-54-58(60(45)67)47-21-9-13-25-52(47)65(54)41-15-3-1-4-16-41/h1-35H. The van der Waals surface area contributed by atoms with Gasteiger partial charge in [0.25, 0.3) is 0 Å². The number of nitriles is 1. The second-order valence-electron chi connectivity index (χ2n) is 17.4. The molecule has 0 saturated carbocycles. The van der Waals surface area contributed by atoms with Gasteiger partial charge in [0, 0.05) is 66.1 Å². The largest absolute Gasteiger partial charge is 0.309 e. The van der Waals surface area contributed by atoms with E-state index in [-0.39, 0.29) is 11.1 Å². The van der Waals surface area contributed by atoms with Gasteiger partial charge in [-0.3, -0.25) is 0 Å². The molecule has 0 unspecified atom stereocenters. The van der Waals surface area contributed by atoms with Gasteiger partial charge in [-0.2, -0.15) is 5.26 Å². The lowest BCUT2D eigenvalue weighted by Crippen LogP contribution is -2.06. The van der Waals surface area contributed by atoms with Gasteiger partial charge >= 0.3 is 0 Å². The Bertz CT molecular complexity index is 4450. The molecular weight excluding hydrogens is 841 g/mol. The summed E-state index contributed by atoms with van der Waals surface area (Å²) in [5.74, 6) is -1.44. The number of aromatic nitrogens is 4. The van der Waals surface area contributed by atoms with Gasteiger partial charge in [-0.15, -0.1) is 0 Å². The molecule has 0 amide bonds. The van der Waals surface area contributed by atoms with Crippen molar-refractivity contribution in [3.05, 3.63) is 230 Å². The van der Waals surface area contributed by atoms with Crippen molar-refractivity contribution < 1.29 is 8.78 Å². The highest BCUT2D eigenvalue weighted by Gasteiger charge is 2.27. The minimum absolute atomic E-state index is 0.272. The quantitative estimate of drug-likeness (QED) is 0.170. The summed E-state index contributed by atoms with van der Waals surface area (Å²) in [5, 5.41) is 19.7. The molecule has 0 radical (unpaired) electrons. The van der Waals surface area contributed by atoms with Crippen molar-refractivity contribution in [3.8, 4) is 39.9 Å². The molecule has 14 aromatic rings. The fourth-order valence-electron chi connectivity index (χ4n) is 11.2. The lowest BCUT2D eigenvalue weighted by Gasteiger charge is -2.20. The number of para-hydroxylation sites is 6. The van der Waals surface area contributed by atoms with Gasteiger partial charge < -0.3 is 18.3 Å². The molecule has 10 aromatic carbocycles. The number of hydrogen-bond donors (Lipinski definition) is 0. The van der Waals surface area contributed by atoms with Crippen LogP contribution in [0.5, 0.6) is 0 Å². The van der Waals surface area contributed by atoms with Gasteiger partial charge in [-0.25, -0.2) is 8.78 Å². The van der Waals surface area contributed by atoms with Gasteiger partial charge in [0.05, 0.1) is 67.1 Å². The molecule has 4 aromatic heterocycles. The van der Waals surface area contributed by atoms with Crippen molar-refractivity contribution in [2.24, 2.45) is 0 Å². The van der Waals surface area contributed by atoms with Crippen LogP contribution in [0.4, 0.5) is 8.78 Å². The highest BCUT2D eigenvalue weighted by molar-refractivity contribution is 6.28. The Morgan fingerprint density at radius 1 is 0.338 bits per heavy atom. The van der Waals surface area contributed by atoms with Crippen molar-refractivity contribution in [2.75, 3.05) is 0 Å². The average molecular weight is 876 g/mol. The molecule has 0 aliphatic rings. The zero-order valence-electron chi connectivity index (χ0n) is 36.2. The number of nitrogens with zero attached hydrogens (tertiary/aromatic N) is 5. The molecule has 0 spiro atoms. The summed E-state index contributed by atoms with van der Waals surface area (Å²) >= 11 is 0. The van der Waals surface area contributed by atoms with E-state index >= 15 is 8.78 Å². The van der Waals surface area contributed by atoms with E-state index in [1.807, 2.05) is 24.3 Å². The van der Waals surface area contributed by atoms with Crippen LogP contribution in [0.2, 0.25) is 0 Å². The van der Waals surface area contributed by atoms with E-state index in [1.165, 1.54) is 12.1 Å². The fourth-order valence-corrected chi connectivity index (χ4v) is 11.2. The summed E-state index contributed by atoms with van der Waals surface area (Å²) in [6, 6.07) is 73.4. The third-order valence-electron chi connectivity index (χ3n) is 13.9. The Kier molecular flexibility index (Phi) is 8.05. The van der Waals surface area contributed by atoms with Crippen LogP contribution in [0.1, 0.15) is 5.56 Å². The SMILES string of the molecule is N#Cc1cc(-n2c3ccccc3c3ccc4c(c5ccccc5n4-c4ccccc4)c32)c(-n2c3ccccc3c3ccc4c(c5ccccc5n4-c4ccccc4)c32)cc1-c1cc(F)cc(F)c1. The number of rotatable bonds is 5. The summed E-state index contributed by atoms with van der Waals surface area (Å²) in [5.41, 5.74) is 12.6. The van der Waals surface area contributed by atoms with E-state index < -0.39 is 11.6 Å². The van der Waals surface area contributed by atoms with E-state index in [4.69, 9.17) is 0 Å². The molecule has 0 N–H and O–H groups in total. The third-order valence-corrected chi connectivity index (χ3v) is 13.9. The molecule has 68 heavy (non-hydrogen) atoms. The van der Waals surface area contributed by atoms with E-state index in [2.05, 4.69) is 194 Å². The van der Waals surface area contributed by atoms with Crippen molar-refractivity contribution in [3.63, 3.8) is 0 Å². The second kappa shape index (κ2) is 14.4. The summed E-state index contributed by atoms with van der Waals surface area (Å²) < 4.78 is 39.9. The van der Waals surface area contributed by atoms with Gasteiger partial charge in [-0.05, 0) is 90.5 Å². The topological polar surface area (TPSA) is 43.5 Å². The molecule has 5 nitrogen and oxygen atoms in total. The molecule has 0 bridgehead atoms. The van der Waals surface area contributed by atoms with Crippen LogP contribution < -0.4 is 0 Å². The highest BCUT2D eigenvalue weighted by Crippen LogP contribution is 2.47. The van der Waals surface area contributed by atoms with Crippen LogP contribution in [0, 0.1) is 23.0 Å². The zero-order chi connectivity index (χ0) is 45.2. The maximum absolute atomic E-state index is 15.3. The van der Waals surface area contributed by atoms with Gasteiger partial charge in [0.15, 0.2) is 0 Å². The molecule has 4 heterocycles. The molecule has 14 rings (SSSR count). The second-order valence-corrected chi connectivity index (χ2v) is 17.4. The Balaban J connectivity index is 1.22. The van der Waals surface area contributed by atoms with Gasteiger partial charge in [-0.1, -0.05) is 121 Å². The molecule has 0 atom stereocenters. The predicted octanol–water partition coefficient (Wildman–Crippen LogP) is 15.9. The fraction of sp³-hybridized carbons (Fsp3) is 0. The molecule has 0 aliphatic carbocycles. The summed E-state index contributed by atoms with van der Waals surface area (Å²) in [6.07, 6.45) is 0. The summed E-state index contributed by atoms with van der Waals surface area (Å²) in [7, 11) is 0. The number of hydrogen-bond acceptors (Lipinski definition) is 1. The van der Waals surface area contributed by atoms with Crippen LogP contribution in [0.3, 0.4) is 0 Å². The van der Waals surface area contributed by atoms with Gasteiger partial charge in [0.2, 0.25) is 0 Å². The molecular formula is C61H35F2N5. The lowest BCUT2D eigenvalue weighted by molar-refractivity contribution is 0.584. The Morgan fingerprint density at radius 3 is 1.19 bits per heavy atom. The maximum Gasteiger partial charge on any atom is 0.126 e. The highest BCUT2D eigenvalue weighted by atomic mass is 19.1. The molecule has 7 heteroatoms. The molecule has 318 valence electrons. The third kappa shape index (κ3) is 5.28. The van der Waals surface area contributed by atoms with Crippen LogP contribution in [0.15, 0.2) is 212 Å². The minimum Gasteiger partial charge on any atom is -0.309 e. The number of benzene rings is 10. The van der Waals surface area contributed by atoms with Crippen LogP contribution in [-0.2, 0) is 0 Å². The average Bonchev–Trinajstić information content (AvgIpc) is 4.11. The van der Waals surface area contributed by atoms with Crippen LogP contribution in [-0.4, -0.2) is 18.3 Å². The first-order chi connectivity index (χ1) is 33.6. The molecule has 0 aliphatic heterocycles. The van der Waals surface area contributed by atoms with E-state index in [0.717, 1.165) is 116 Å². The Hall–Kier alpha value is -9.25. The maximum atomic E-state index is 15.3. The first-order valence-corrected chi connectivity index (χ1v) is 22.6. The van der Waals surface area contributed by atoms with E-state index in [0.29, 0.717) is 5.56 Å². The normalized spacial score (nSPS) is 12.0.